The Balaban J connectivity index is 0.00000186. The van der Waals surface area contributed by atoms with E-state index in [1.54, 1.807) is 0 Å². The summed E-state index contributed by atoms with van der Waals surface area (Å²) in [5.74, 6) is 0.423. The molecular formula is C33H42FNO2. The van der Waals surface area contributed by atoms with Gasteiger partial charge in [0.15, 0.2) is 0 Å². The number of carbonyl (C=O) groups excluding carboxylic acids is 1. The fourth-order valence-electron chi connectivity index (χ4n) is 5.63. The van der Waals surface area contributed by atoms with Crippen LogP contribution in [0.3, 0.4) is 0 Å². The first kappa shape index (κ1) is 28.5. The van der Waals surface area contributed by atoms with E-state index >= 15 is 0 Å². The molecule has 1 saturated carbocycles. The zero-order chi connectivity index (χ0) is 27.0. The molecule has 1 heterocycles. The van der Waals surface area contributed by atoms with Crippen molar-refractivity contribution < 1.29 is 13.9 Å². The van der Waals surface area contributed by atoms with Crippen LogP contribution in [-0.4, -0.2) is 30.5 Å². The number of halogens is 1. The average Bonchev–Trinajstić information content (AvgIpc) is 2.84. The Morgan fingerprint density at radius 1 is 1.22 bits per heavy atom. The van der Waals surface area contributed by atoms with Gasteiger partial charge in [0.1, 0.15) is 11.6 Å². The molecule has 1 aliphatic carbocycles. The van der Waals surface area contributed by atoms with Crippen LogP contribution in [0.2, 0.25) is 0 Å². The Morgan fingerprint density at radius 2 is 1.92 bits per heavy atom. The first-order valence-corrected chi connectivity index (χ1v) is 13.7. The van der Waals surface area contributed by atoms with E-state index in [9.17, 15) is 9.18 Å². The normalized spacial score (nSPS) is 16.2. The molecule has 0 atom stereocenters. The average molecular weight is 504 g/mol. The molecule has 4 heteroatoms. The molecule has 0 bridgehead atoms. The summed E-state index contributed by atoms with van der Waals surface area (Å²) in [7, 11) is 0. The van der Waals surface area contributed by atoms with Crippen molar-refractivity contribution in [2.45, 2.75) is 66.7 Å². The third-order valence-corrected chi connectivity index (χ3v) is 7.55. The molecular weight excluding hydrogens is 461 g/mol. The van der Waals surface area contributed by atoms with Crippen LogP contribution in [0.15, 0.2) is 72.0 Å². The minimum Gasteiger partial charge on any atom is -0.493 e. The number of likely N-dealkylation sites (tertiary alicyclic amines) is 1. The maximum atomic E-state index is 13.6. The van der Waals surface area contributed by atoms with Crippen LogP contribution < -0.4 is 4.74 Å². The van der Waals surface area contributed by atoms with Crippen LogP contribution >= 0.6 is 0 Å². The van der Waals surface area contributed by atoms with E-state index in [-0.39, 0.29) is 11.3 Å². The standard InChI is InChI=1S/C31H36FNO2.C2H6/c1-5-22(3)16-25(13-9-12-24-11-8-7-10-23(24)4)26-18-31(19-26)20-33(21-31)30(34)28-15-14-27(32)17-29(28)35-6-2;1-2/h7-8,10-11,14-17,26H,1,6,9,12-13,18-21H2,2-4H3;1-2H3/b25-16+;. The van der Waals surface area contributed by atoms with Gasteiger partial charge in [0.05, 0.1) is 12.2 Å². The number of allylic oxidation sites excluding steroid dienone is 3. The molecule has 1 spiro atoms. The molecule has 2 fully saturated rings. The number of benzene rings is 2. The van der Waals surface area contributed by atoms with E-state index < -0.39 is 5.82 Å². The molecule has 1 amide bonds. The van der Waals surface area contributed by atoms with Crippen molar-refractivity contribution in [2.75, 3.05) is 19.7 Å². The molecule has 1 aliphatic heterocycles. The maximum absolute atomic E-state index is 13.6. The van der Waals surface area contributed by atoms with Gasteiger partial charge in [-0.3, -0.25) is 4.79 Å². The van der Waals surface area contributed by atoms with Gasteiger partial charge >= 0.3 is 0 Å². The number of hydrogen-bond acceptors (Lipinski definition) is 2. The monoisotopic (exact) mass is 503 g/mol. The third-order valence-electron chi connectivity index (χ3n) is 7.55. The van der Waals surface area contributed by atoms with Crippen LogP contribution in [0.25, 0.3) is 0 Å². The lowest BCUT2D eigenvalue weighted by Crippen LogP contribution is -2.63. The number of rotatable bonds is 9. The van der Waals surface area contributed by atoms with Crippen molar-refractivity contribution >= 4 is 5.91 Å². The van der Waals surface area contributed by atoms with Crippen LogP contribution in [-0.2, 0) is 6.42 Å². The van der Waals surface area contributed by atoms with Crippen molar-refractivity contribution in [3.05, 3.63) is 94.5 Å². The predicted octanol–water partition coefficient (Wildman–Crippen LogP) is 8.09. The van der Waals surface area contributed by atoms with E-state index in [0.717, 1.165) is 50.8 Å². The quantitative estimate of drug-likeness (QED) is 0.256. The summed E-state index contributed by atoms with van der Waals surface area (Å²) in [6.07, 6.45) is 7.78. The van der Waals surface area contributed by atoms with Crippen molar-refractivity contribution in [3.8, 4) is 5.75 Å². The molecule has 2 aliphatic rings. The predicted molar refractivity (Wildman–Crippen MR) is 151 cm³/mol. The lowest BCUT2D eigenvalue weighted by Gasteiger charge is -2.59. The summed E-state index contributed by atoms with van der Waals surface area (Å²) < 4.78 is 19.2. The summed E-state index contributed by atoms with van der Waals surface area (Å²) in [6, 6.07) is 12.8. The summed E-state index contributed by atoms with van der Waals surface area (Å²) in [4.78, 5) is 14.9. The lowest BCUT2D eigenvalue weighted by molar-refractivity contribution is -0.0672. The topological polar surface area (TPSA) is 29.5 Å². The van der Waals surface area contributed by atoms with E-state index in [4.69, 9.17) is 4.74 Å². The largest absolute Gasteiger partial charge is 0.493 e. The highest BCUT2D eigenvalue weighted by Crippen LogP contribution is 2.55. The van der Waals surface area contributed by atoms with E-state index in [1.165, 1.54) is 34.9 Å². The molecule has 4 rings (SSSR count). The fourth-order valence-corrected chi connectivity index (χ4v) is 5.63. The summed E-state index contributed by atoms with van der Waals surface area (Å²) in [5, 5.41) is 0. The van der Waals surface area contributed by atoms with Crippen molar-refractivity contribution in [1.29, 1.82) is 0 Å². The van der Waals surface area contributed by atoms with Gasteiger partial charge in [-0.05, 0) is 87.6 Å². The van der Waals surface area contributed by atoms with E-state index in [1.807, 2.05) is 25.7 Å². The van der Waals surface area contributed by atoms with Gasteiger partial charge in [-0.1, -0.05) is 56.3 Å². The second-order valence-electron chi connectivity index (χ2n) is 10.2. The Bertz CT molecular complexity index is 1160. The minimum atomic E-state index is -0.391. The van der Waals surface area contributed by atoms with Gasteiger partial charge in [0.25, 0.3) is 5.91 Å². The molecule has 198 valence electrons. The first-order valence-electron chi connectivity index (χ1n) is 13.7. The minimum absolute atomic E-state index is 0.0676. The highest BCUT2D eigenvalue weighted by molar-refractivity contribution is 5.97. The summed E-state index contributed by atoms with van der Waals surface area (Å²) >= 11 is 0. The Labute approximate surface area is 222 Å². The van der Waals surface area contributed by atoms with Gasteiger partial charge in [-0.15, -0.1) is 5.73 Å². The number of ether oxygens (including phenoxy) is 1. The molecule has 37 heavy (non-hydrogen) atoms. The van der Waals surface area contributed by atoms with E-state index in [2.05, 4.69) is 56.5 Å². The number of amides is 1. The summed E-state index contributed by atoms with van der Waals surface area (Å²) in [6.45, 7) is 15.8. The fraction of sp³-hybridized carbons (Fsp3) is 0.455. The lowest BCUT2D eigenvalue weighted by atomic mass is 9.55. The zero-order valence-electron chi connectivity index (χ0n) is 23.2. The number of aryl methyl sites for hydroxylation is 2. The zero-order valence-corrected chi connectivity index (χ0v) is 23.2. The van der Waals surface area contributed by atoms with Crippen molar-refractivity contribution in [1.82, 2.24) is 4.90 Å². The van der Waals surface area contributed by atoms with Gasteiger partial charge in [-0.2, -0.15) is 0 Å². The molecule has 2 aromatic carbocycles. The molecule has 3 nitrogen and oxygen atoms in total. The van der Waals surface area contributed by atoms with Crippen LogP contribution in [0.1, 0.15) is 74.9 Å². The van der Waals surface area contributed by atoms with Gasteiger partial charge in [0.2, 0.25) is 0 Å². The number of hydrogen-bond donors (Lipinski definition) is 0. The van der Waals surface area contributed by atoms with Crippen LogP contribution in [0, 0.1) is 24.1 Å². The number of carbonyl (C=O) groups is 1. The second-order valence-corrected chi connectivity index (χ2v) is 10.2. The molecule has 0 unspecified atom stereocenters. The smallest absolute Gasteiger partial charge is 0.257 e. The van der Waals surface area contributed by atoms with Crippen LogP contribution in [0.5, 0.6) is 5.75 Å². The van der Waals surface area contributed by atoms with Gasteiger partial charge in [-0.25, -0.2) is 4.39 Å². The highest BCUT2D eigenvalue weighted by Gasteiger charge is 2.54. The van der Waals surface area contributed by atoms with Gasteiger partial charge in [0, 0.05) is 24.6 Å². The van der Waals surface area contributed by atoms with E-state index in [0.29, 0.717) is 23.8 Å². The third kappa shape index (κ3) is 6.81. The van der Waals surface area contributed by atoms with Crippen molar-refractivity contribution in [3.63, 3.8) is 0 Å². The molecule has 0 aromatic heterocycles. The molecule has 2 aromatic rings. The highest BCUT2D eigenvalue weighted by atomic mass is 19.1. The Morgan fingerprint density at radius 3 is 2.57 bits per heavy atom. The van der Waals surface area contributed by atoms with Crippen molar-refractivity contribution in [2.24, 2.45) is 11.3 Å². The SMILES string of the molecule is C=C=C(C)/C=C(\CCCc1ccccc1C)C1CC2(C1)CN(C(=O)c1ccc(F)cc1OCC)C2.CC. The first-order chi connectivity index (χ1) is 17.8. The Kier molecular flexibility index (Phi) is 9.94. The number of nitrogens with zero attached hydrogens (tertiary/aromatic N) is 1. The van der Waals surface area contributed by atoms with Crippen LogP contribution in [0.4, 0.5) is 4.39 Å². The maximum Gasteiger partial charge on any atom is 0.257 e. The second kappa shape index (κ2) is 12.9. The molecule has 1 saturated heterocycles. The Hall–Kier alpha value is -3.10. The van der Waals surface area contributed by atoms with Gasteiger partial charge < -0.3 is 9.64 Å². The molecule has 0 radical (unpaired) electrons. The molecule has 0 N–H and O–H groups in total. The summed E-state index contributed by atoms with van der Waals surface area (Å²) in [5.41, 5.74) is 9.04.